The van der Waals surface area contributed by atoms with Crippen LogP contribution in [0.4, 0.5) is 0 Å². The van der Waals surface area contributed by atoms with Gasteiger partial charge in [-0.25, -0.2) is 0 Å². The summed E-state index contributed by atoms with van der Waals surface area (Å²) >= 11 is 0. The van der Waals surface area contributed by atoms with Crippen LogP contribution in [-0.2, 0) is 0 Å². The van der Waals surface area contributed by atoms with Crippen molar-refractivity contribution in [2.75, 3.05) is 20.1 Å². The van der Waals surface area contributed by atoms with Gasteiger partial charge in [0, 0.05) is 13.1 Å². The smallest absolute Gasteiger partial charge is 0.0160 e. The molecule has 0 aliphatic heterocycles. The summed E-state index contributed by atoms with van der Waals surface area (Å²) < 4.78 is 0. The van der Waals surface area contributed by atoms with Crippen LogP contribution in [0.15, 0.2) is 25.3 Å². The third-order valence-corrected chi connectivity index (χ3v) is 0.882. The molecule has 0 aromatic carbocycles. The third-order valence-electron chi connectivity index (χ3n) is 0.882. The Morgan fingerprint density at radius 2 is 1.62 bits per heavy atom. The molecule has 0 heterocycles. The van der Waals surface area contributed by atoms with Gasteiger partial charge < -0.3 is 0 Å². The lowest BCUT2D eigenvalue weighted by Crippen LogP contribution is -2.17. The van der Waals surface area contributed by atoms with Crippen molar-refractivity contribution in [3.05, 3.63) is 25.3 Å². The molecule has 0 unspecified atom stereocenters. The zero-order chi connectivity index (χ0) is 6.41. The summed E-state index contributed by atoms with van der Waals surface area (Å²) in [6, 6.07) is 0. The van der Waals surface area contributed by atoms with Gasteiger partial charge >= 0.3 is 0 Å². The maximum atomic E-state index is 3.61. The Morgan fingerprint density at radius 3 is 1.88 bits per heavy atom. The first-order valence-electron chi connectivity index (χ1n) is 2.71. The molecule has 0 aromatic rings. The minimum atomic E-state index is 0.937. The molecule has 0 aromatic heterocycles. The summed E-state index contributed by atoms with van der Waals surface area (Å²) in [5.74, 6) is 0. The molecule has 0 saturated heterocycles. The van der Waals surface area contributed by atoms with Crippen LogP contribution in [0.5, 0.6) is 0 Å². The Balaban J connectivity index is 3.16. The van der Waals surface area contributed by atoms with E-state index in [-0.39, 0.29) is 0 Å². The zero-order valence-corrected chi connectivity index (χ0v) is 5.43. The molecule has 1 nitrogen and oxygen atoms in total. The molecule has 0 bridgehead atoms. The van der Waals surface area contributed by atoms with Gasteiger partial charge in [-0.3, -0.25) is 4.90 Å². The van der Waals surface area contributed by atoms with E-state index in [1.807, 2.05) is 19.2 Å². The Kier molecular flexibility index (Phi) is 4.27. The second kappa shape index (κ2) is 4.60. The first kappa shape index (κ1) is 7.44. The topological polar surface area (TPSA) is 3.24 Å². The van der Waals surface area contributed by atoms with Gasteiger partial charge in [0.25, 0.3) is 0 Å². The van der Waals surface area contributed by atoms with Gasteiger partial charge in [-0.05, 0) is 7.05 Å². The van der Waals surface area contributed by atoms with E-state index in [1.54, 1.807) is 0 Å². The molecule has 8 heavy (non-hydrogen) atoms. The fourth-order valence-electron chi connectivity index (χ4n) is 0.515. The van der Waals surface area contributed by atoms with E-state index >= 15 is 0 Å². The van der Waals surface area contributed by atoms with Crippen molar-refractivity contribution in [1.82, 2.24) is 4.90 Å². The van der Waals surface area contributed by atoms with Gasteiger partial charge in [0.2, 0.25) is 0 Å². The molecule has 0 amide bonds. The molecular formula is C7H13N. The molecule has 0 atom stereocenters. The van der Waals surface area contributed by atoms with Gasteiger partial charge in [-0.1, -0.05) is 12.2 Å². The fraction of sp³-hybridized carbons (Fsp3) is 0.429. The van der Waals surface area contributed by atoms with Crippen LogP contribution in [0.1, 0.15) is 0 Å². The summed E-state index contributed by atoms with van der Waals surface area (Å²) in [5, 5.41) is 0. The van der Waals surface area contributed by atoms with Crippen LogP contribution in [0.25, 0.3) is 0 Å². The van der Waals surface area contributed by atoms with E-state index in [0.717, 1.165) is 13.1 Å². The van der Waals surface area contributed by atoms with Crippen LogP contribution in [0, 0.1) is 0 Å². The molecule has 0 aliphatic rings. The normalized spacial score (nSPS) is 9.25. The van der Waals surface area contributed by atoms with Gasteiger partial charge in [0.05, 0.1) is 0 Å². The predicted molar refractivity (Wildman–Crippen MR) is 37.9 cm³/mol. The van der Waals surface area contributed by atoms with E-state index in [2.05, 4.69) is 18.1 Å². The molecule has 0 rings (SSSR count). The lowest BCUT2D eigenvalue weighted by Gasteiger charge is -2.09. The molecular weight excluding hydrogens is 98.1 g/mol. The van der Waals surface area contributed by atoms with Crippen molar-refractivity contribution in [3.8, 4) is 0 Å². The summed E-state index contributed by atoms with van der Waals surface area (Å²) in [5.41, 5.74) is 0. The molecule has 0 fully saturated rings. The van der Waals surface area contributed by atoms with Crippen molar-refractivity contribution in [3.63, 3.8) is 0 Å². The quantitative estimate of drug-likeness (QED) is 0.494. The van der Waals surface area contributed by atoms with Gasteiger partial charge in [-0.2, -0.15) is 0 Å². The molecule has 1 heteroatoms. The second-order valence-corrected chi connectivity index (χ2v) is 1.80. The molecule has 0 spiro atoms. The van der Waals surface area contributed by atoms with Crippen molar-refractivity contribution in [1.29, 1.82) is 0 Å². The summed E-state index contributed by atoms with van der Waals surface area (Å²) in [6.45, 7) is 9.09. The fourth-order valence-corrected chi connectivity index (χ4v) is 0.515. The lowest BCUT2D eigenvalue weighted by atomic mass is 10.5. The molecule has 0 N–H and O–H groups in total. The van der Waals surface area contributed by atoms with Crippen LogP contribution < -0.4 is 0 Å². The van der Waals surface area contributed by atoms with Crippen molar-refractivity contribution >= 4 is 0 Å². The molecule has 0 saturated carbocycles. The van der Waals surface area contributed by atoms with Crippen LogP contribution >= 0.6 is 0 Å². The number of likely N-dealkylation sites (N-methyl/N-ethyl adjacent to an activating group) is 1. The standard InChI is InChI=1S/C7H13N/c1-4-6-8(3)7-5-2/h4-5H,1-2,6-7H2,3H3. The SMILES string of the molecule is C=CCN(C)CC=C. The zero-order valence-electron chi connectivity index (χ0n) is 5.43. The van der Waals surface area contributed by atoms with E-state index in [4.69, 9.17) is 0 Å². The molecule has 46 valence electrons. The number of hydrogen-bond donors (Lipinski definition) is 0. The summed E-state index contributed by atoms with van der Waals surface area (Å²) in [4.78, 5) is 2.12. The molecule has 0 radical (unpaired) electrons. The van der Waals surface area contributed by atoms with E-state index in [9.17, 15) is 0 Å². The predicted octanol–water partition coefficient (Wildman–Crippen LogP) is 1.29. The van der Waals surface area contributed by atoms with Gasteiger partial charge in [0.15, 0.2) is 0 Å². The lowest BCUT2D eigenvalue weighted by molar-refractivity contribution is 0.413. The maximum Gasteiger partial charge on any atom is 0.0160 e. The van der Waals surface area contributed by atoms with Crippen LogP contribution in [-0.4, -0.2) is 25.0 Å². The van der Waals surface area contributed by atoms with Gasteiger partial charge in [-0.15, -0.1) is 13.2 Å². The molecule has 0 aliphatic carbocycles. The Bertz CT molecular complexity index is 66.5. The highest BCUT2D eigenvalue weighted by Gasteiger charge is 1.86. The Labute approximate surface area is 51.3 Å². The third kappa shape index (κ3) is 3.62. The number of hydrogen-bond acceptors (Lipinski definition) is 1. The summed E-state index contributed by atoms with van der Waals surface area (Å²) in [7, 11) is 2.03. The van der Waals surface area contributed by atoms with Crippen molar-refractivity contribution in [2.45, 2.75) is 0 Å². The number of rotatable bonds is 4. The minimum absolute atomic E-state index is 0.937. The average Bonchev–Trinajstić information content (AvgIpc) is 1.68. The maximum absolute atomic E-state index is 3.61. The van der Waals surface area contributed by atoms with E-state index < -0.39 is 0 Å². The first-order valence-corrected chi connectivity index (χ1v) is 2.71. The van der Waals surface area contributed by atoms with Crippen molar-refractivity contribution < 1.29 is 0 Å². The highest BCUT2D eigenvalue weighted by atomic mass is 15.1. The van der Waals surface area contributed by atoms with E-state index in [0.29, 0.717) is 0 Å². The second-order valence-electron chi connectivity index (χ2n) is 1.80. The van der Waals surface area contributed by atoms with Crippen molar-refractivity contribution in [2.24, 2.45) is 0 Å². The largest absolute Gasteiger partial charge is 0.299 e. The van der Waals surface area contributed by atoms with Crippen LogP contribution in [0.3, 0.4) is 0 Å². The minimum Gasteiger partial charge on any atom is -0.299 e. The number of nitrogens with zero attached hydrogens (tertiary/aromatic N) is 1. The van der Waals surface area contributed by atoms with E-state index in [1.165, 1.54) is 0 Å². The first-order chi connectivity index (χ1) is 3.81. The highest BCUT2D eigenvalue weighted by Crippen LogP contribution is 1.80. The Hall–Kier alpha value is -0.560. The Morgan fingerprint density at radius 1 is 1.25 bits per heavy atom. The van der Waals surface area contributed by atoms with Crippen LogP contribution in [0.2, 0.25) is 0 Å². The monoisotopic (exact) mass is 111 g/mol. The average molecular weight is 111 g/mol. The highest BCUT2D eigenvalue weighted by molar-refractivity contribution is 4.76. The summed E-state index contributed by atoms with van der Waals surface area (Å²) in [6.07, 6.45) is 3.76. The van der Waals surface area contributed by atoms with Gasteiger partial charge in [0.1, 0.15) is 0 Å².